The number of nitrogens with one attached hydrogen (secondary N) is 1. The Morgan fingerprint density at radius 3 is 2.63 bits per heavy atom. The largest absolute Gasteiger partial charge is 0.416 e. The average Bonchev–Trinajstić information content (AvgIpc) is 2.40. The summed E-state index contributed by atoms with van der Waals surface area (Å²) in [5.74, 6) is 2.32. The third-order valence-electron chi connectivity index (χ3n) is 3.58. The van der Waals surface area contributed by atoms with E-state index in [4.69, 9.17) is 0 Å². The van der Waals surface area contributed by atoms with E-state index in [1.807, 2.05) is 11.8 Å². The van der Waals surface area contributed by atoms with E-state index in [-0.39, 0.29) is 12.0 Å². The Morgan fingerprint density at radius 2 is 2.05 bits per heavy atom. The lowest BCUT2D eigenvalue weighted by Gasteiger charge is -2.31. The van der Waals surface area contributed by atoms with Crippen LogP contribution in [0.5, 0.6) is 0 Å². The van der Waals surface area contributed by atoms with Crippen molar-refractivity contribution in [3.63, 3.8) is 0 Å². The van der Waals surface area contributed by atoms with Crippen LogP contribution in [0.1, 0.15) is 30.0 Å². The first-order chi connectivity index (χ1) is 9.04. The van der Waals surface area contributed by atoms with Crippen molar-refractivity contribution in [2.75, 3.05) is 18.6 Å². The number of benzene rings is 1. The van der Waals surface area contributed by atoms with Crippen LogP contribution < -0.4 is 5.32 Å². The standard InChI is InChI=1S/C14H18F3NS/c1-18-13(10-5-4-8-19-9-10)11-6-2-3-7-12(11)14(15,16)17/h2-3,6-7,10,13,18H,4-5,8-9H2,1H3. The number of hydrogen-bond donors (Lipinski definition) is 1. The minimum atomic E-state index is -4.28. The van der Waals surface area contributed by atoms with Crippen LogP contribution in [-0.4, -0.2) is 18.6 Å². The quantitative estimate of drug-likeness (QED) is 0.898. The van der Waals surface area contributed by atoms with Gasteiger partial charge in [0.15, 0.2) is 0 Å². The van der Waals surface area contributed by atoms with Gasteiger partial charge in [-0.3, -0.25) is 0 Å². The van der Waals surface area contributed by atoms with Gasteiger partial charge in [0.2, 0.25) is 0 Å². The Hall–Kier alpha value is -0.680. The van der Waals surface area contributed by atoms with E-state index in [9.17, 15) is 13.2 Å². The van der Waals surface area contributed by atoms with Crippen LogP contribution in [0.15, 0.2) is 24.3 Å². The van der Waals surface area contributed by atoms with Gasteiger partial charge in [0, 0.05) is 6.04 Å². The molecule has 0 saturated carbocycles. The first-order valence-electron chi connectivity index (χ1n) is 6.45. The number of rotatable bonds is 3. The molecule has 1 nitrogen and oxygen atoms in total. The van der Waals surface area contributed by atoms with Gasteiger partial charge in [0.1, 0.15) is 0 Å². The maximum absolute atomic E-state index is 13.1. The highest BCUT2D eigenvalue weighted by Crippen LogP contribution is 2.39. The van der Waals surface area contributed by atoms with E-state index in [0.29, 0.717) is 5.56 Å². The summed E-state index contributed by atoms with van der Waals surface area (Å²) in [6, 6.07) is 5.70. The maximum atomic E-state index is 13.1. The molecular formula is C14H18F3NS. The van der Waals surface area contributed by atoms with E-state index in [2.05, 4.69) is 5.32 Å². The predicted molar refractivity (Wildman–Crippen MR) is 73.3 cm³/mol. The predicted octanol–water partition coefficient (Wildman–Crippen LogP) is 4.11. The van der Waals surface area contributed by atoms with Crippen molar-refractivity contribution in [2.45, 2.75) is 25.1 Å². The lowest BCUT2D eigenvalue weighted by atomic mass is 9.88. The second-order valence-corrected chi connectivity index (χ2v) is 5.98. The lowest BCUT2D eigenvalue weighted by molar-refractivity contribution is -0.138. The Kier molecular flexibility index (Phi) is 4.79. The summed E-state index contributed by atoms with van der Waals surface area (Å²) in [4.78, 5) is 0. The minimum Gasteiger partial charge on any atom is -0.313 e. The zero-order valence-corrected chi connectivity index (χ0v) is 11.7. The fourth-order valence-corrected chi connectivity index (χ4v) is 3.90. The monoisotopic (exact) mass is 289 g/mol. The molecule has 106 valence electrons. The molecule has 0 aromatic heterocycles. The van der Waals surface area contributed by atoms with Crippen LogP contribution >= 0.6 is 11.8 Å². The molecule has 0 spiro atoms. The van der Waals surface area contributed by atoms with E-state index in [0.717, 1.165) is 24.3 Å². The van der Waals surface area contributed by atoms with Crippen LogP contribution in [0.25, 0.3) is 0 Å². The smallest absolute Gasteiger partial charge is 0.313 e. The van der Waals surface area contributed by atoms with E-state index in [1.165, 1.54) is 12.1 Å². The van der Waals surface area contributed by atoms with Crippen LogP contribution in [0.3, 0.4) is 0 Å². The van der Waals surface area contributed by atoms with E-state index < -0.39 is 11.7 Å². The normalized spacial score (nSPS) is 22.2. The summed E-state index contributed by atoms with van der Waals surface area (Å²) in [5.41, 5.74) is -0.130. The number of hydrogen-bond acceptors (Lipinski definition) is 2. The van der Waals surface area contributed by atoms with Crippen molar-refractivity contribution in [1.82, 2.24) is 5.32 Å². The molecule has 1 N–H and O–H groups in total. The summed E-state index contributed by atoms with van der Waals surface area (Å²) in [6.07, 6.45) is -2.21. The van der Waals surface area contributed by atoms with Crippen molar-refractivity contribution < 1.29 is 13.2 Å². The molecule has 0 aliphatic carbocycles. The second kappa shape index (κ2) is 6.18. The fourth-order valence-electron chi connectivity index (χ4n) is 2.70. The number of alkyl halides is 3. The van der Waals surface area contributed by atoms with Gasteiger partial charge in [-0.2, -0.15) is 24.9 Å². The van der Waals surface area contributed by atoms with Gasteiger partial charge in [0.05, 0.1) is 5.56 Å². The highest BCUT2D eigenvalue weighted by Gasteiger charge is 2.36. The van der Waals surface area contributed by atoms with Crippen LogP contribution in [0.4, 0.5) is 13.2 Å². The molecule has 2 atom stereocenters. The summed E-state index contributed by atoms with van der Waals surface area (Å²) in [6.45, 7) is 0. The van der Waals surface area contributed by atoms with Crippen molar-refractivity contribution in [1.29, 1.82) is 0 Å². The van der Waals surface area contributed by atoms with E-state index in [1.54, 1.807) is 19.2 Å². The van der Waals surface area contributed by atoms with E-state index >= 15 is 0 Å². The SMILES string of the molecule is CNC(c1ccccc1C(F)(F)F)C1CCCSC1. The van der Waals surface area contributed by atoms with Gasteiger partial charge < -0.3 is 5.32 Å². The molecule has 1 saturated heterocycles. The summed E-state index contributed by atoms with van der Waals surface area (Å²) < 4.78 is 39.2. The van der Waals surface area contributed by atoms with Gasteiger partial charge >= 0.3 is 6.18 Å². The molecule has 19 heavy (non-hydrogen) atoms. The number of thioether (sulfide) groups is 1. The highest BCUT2D eigenvalue weighted by molar-refractivity contribution is 7.99. The Morgan fingerprint density at radius 1 is 1.32 bits per heavy atom. The molecule has 0 radical (unpaired) electrons. The molecule has 2 unspecified atom stereocenters. The topological polar surface area (TPSA) is 12.0 Å². The summed E-state index contributed by atoms with van der Waals surface area (Å²) in [5, 5.41) is 3.09. The van der Waals surface area contributed by atoms with Crippen LogP contribution in [0.2, 0.25) is 0 Å². The van der Waals surface area contributed by atoms with Crippen LogP contribution in [0, 0.1) is 5.92 Å². The maximum Gasteiger partial charge on any atom is 0.416 e. The molecule has 1 aromatic rings. The molecule has 0 bridgehead atoms. The van der Waals surface area contributed by atoms with Gasteiger partial charge in [-0.05, 0) is 48.9 Å². The number of halogens is 3. The molecule has 2 rings (SSSR count). The average molecular weight is 289 g/mol. The molecule has 1 fully saturated rings. The third kappa shape index (κ3) is 3.45. The zero-order chi connectivity index (χ0) is 13.9. The van der Waals surface area contributed by atoms with Crippen molar-refractivity contribution in [3.05, 3.63) is 35.4 Å². The Bertz CT molecular complexity index is 413. The second-order valence-electron chi connectivity index (χ2n) is 4.83. The van der Waals surface area contributed by atoms with Gasteiger partial charge in [-0.1, -0.05) is 18.2 Å². The highest BCUT2D eigenvalue weighted by atomic mass is 32.2. The molecule has 5 heteroatoms. The Balaban J connectivity index is 2.32. The van der Waals surface area contributed by atoms with Gasteiger partial charge in [-0.15, -0.1) is 0 Å². The Labute approximate surface area is 116 Å². The van der Waals surface area contributed by atoms with Crippen molar-refractivity contribution in [2.24, 2.45) is 5.92 Å². The molecule has 1 aliphatic heterocycles. The molecule has 0 amide bonds. The van der Waals surface area contributed by atoms with Gasteiger partial charge in [-0.25, -0.2) is 0 Å². The van der Waals surface area contributed by atoms with Crippen molar-refractivity contribution in [3.8, 4) is 0 Å². The zero-order valence-electron chi connectivity index (χ0n) is 10.8. The van der Waals surface area contributed by atoms with Crippen LogP contribution in [-0.2, 0) is 6.18 Å². The third-order valence-corrected chi connectivity index (χ3v) is 4.82. The van der Waals surface area contributed by atoms with Crippen molar-refractivity contribution >= 4 is 11.8 Å². The van der Waals surface area contributed by atoms with Gasteiger partial charge in [0.25, 0.3) is 0 Å². The first kappa shape index (κ1) is 14.7. The fraction of sp³-hybridized carbons (Fsp3) is 0.571. The molecular weight excluding hydrogens is 271 g/mol. The summed E-state index contributed by atoms with van der Waals surface area (Å²) >= 11 is 1.83. The first-order valence-corrected chi connectivity index (χ1v) is 7.60. The lowest BCUT2D eigenvalue weighted by Crippen LogP contribution is -2.30. The minimum absolute atomic E-state index is 0.217. The summed E-state index contributed by atoms with van der Waals surface area (Å²) in [7, 11) is 1.75. The molecule has 1 heterocycles. The molecule has 1 aromatic carbocycles. The molecule has 1 aliphatic rings.